The number of rotatable bonds is 2. The minimum absolute atomic E-state index is 0.0157. The lowest BCUT2D eigenvalue weighted by Gasteiger charge is -2.34. The molecule has 104 valence electrons. The zero-order chi connectivity index (χ0) is 14.0. The fraction of sp³-hybridized carbons (Fsp3) is 0.462. The normalized spacial score (nSPS) is 16.5. The van der Waals surface area contributed by atoms with Gasteiger partial charge in [-0.25, -0.2) is 0 Å². The van der Waals surface area contributed by atoms with E-state index in [-0.39, 0.29) is 11.9 Å². The number of benzene rings is 1. The van der Waals surface area contributed by atoms with Crippen LogP contribution in [0.15, 0.2) is 12.1 Å². The summed E-state index contributed by atoms with van der Waals surface area (Å²) in [5, 5.41) is 4.08. The molecule has 1 aromatic rings. The Balaban J connectivity index is 2.08. The lowest BCUT2D eigenvalue weighted by molar-refractivity contribution is -0.119. The number of hydrogen-bond acceptors (Lipinski definition) is 3. The Morgan fingerprint density at radius 2 is 1.84 bits per heavy atom. The Morgan fingerprint density at radius 1 is 1.32 bits per heavy atom. The summed E-state index contributed by atoms with van der Waals surface area (Å²) < 4.78 is 0. The van der Waals surface area contributed by atoms with Crippen LogP contribution in [-0.4, -0.2) is 25.0 Å². The van der Waals surface area contributed by atoms with E-state index in [2.05, 4.69) is 10.2 Å². The van der Waals surface area contributed by atoms with Gasteiger partial charge < -0.3 is 16.0 Å². The number of carbonyl (C=O) groups is 1. The smallest absolute Gasteiger partial charge is 0.217 e. The maximum Gasteiger partial charge on any atom is 0.217 e. The highest BCUT2D eigenvalue weighted by molar-refractivity contribution is 6.39. The van der Waals surface area contributed by atoms with Crippen molar-refractivity contribution in [1.29, 1.82) is 0 Å². The van der Waals surface area contributed by atoms with E-state index in [1.54, 1.807) is 19.1 Å². The minimum atomic E-state index is 0.0157. The van der Waals surface area contributed by atoms with E-state index < -0.39 is 0 Å². The zero-order valence-corrected chi connectivity index (χ0v) is 12.3. The summed E-state index contributed by atoms with van der Waals surface area (Å²) in [6, 6.07) is 3.66. The second-order valence-corrected chi connectivity index (χ2v) is 5.61. The molecule has 0 saturated carbocycles. The summed E-state index contributed by atoms with van der Waals surface area (Å²) in [7, 11) is 0. The Bertz CT molecular complexity index is 462. The number of carbonyl (C=O) groups excluding carboxylic acids is 1. The number of halogens is 2. The number of piperidine rings is 1. The van der Waals surface area contributed by atoms with Crippen molar-refractivity contribution in [1.82, 2.24) is 5.32 Å². The van der Waals surface area contributed by atoms with Crippen molar-refractivity contribution < 1.29 is 4.79 Å². The van der Waals surface area contributed by atoms with Crippen molar-refractivity contribution in [2.75, 3.05) is 23.7 Å². The van der Waals surface area contributed by atoms with E-state index in [0.29, 0.717) is 15.7 Å². The van der Waals surface area contributed by atoms with Crippen LogP contribution in [0, 0.1) is 0 Å². The summed E-state index contributed by atoms with van der Waals surface area (Å²) in [6.45, 7) is 3.17. The third kappa shape index (κ3) is 3.45. The van der Waals surface area contributed by atoms with Crippen molar-refractivity contribution in [2.24, 2.45) is 0 Å². The first kappa shape index (κ1) is 14.3. The molecule has 0 aliphatic carbocycles. The van der Waals surface area contributed by atoms with E-state index in [0.717, 1.165) is 31.6 Å². The first-order valence-corrected chi connectivity index (χ1v) is 6.99. The molecule has 0 spiro atoms. The average Bonchev–Trinajstić information content (AvgIpc) is 2.29. The second-order valence-electron chi connectivity index (χ2n) is 4.80. The molecule has 1 amide bonds. The maximum absolute atomic E-state index is 11.0. The molecule has 19 heavy (non-hydrogen) atoms. The van der Waals surface area contributed by atoms with Gasteiger partial charge in [0.1, 0.15) is 0 Å². The summed E-state index contributed by atoms with van der Waals surface area (Å²) >= 11 is 12.4. The van der Waals surface area contributed by atoms with Crippen LogP contribution in [-0.2, 0) is 4.79 Å². The summed E-state index contributed by atoms with van der Waals surface area (Å²) in [4.78, 5) is 13.2. The number of nitrogen functional groups attached to an aromatic ring is 1. The highest BCUT2D eigenvalue weighted by atomic mass is 35.5. The first-order chi connectivity index (χ1) is 8.97. The highest BCUT2D eigenvalue weighted by Crippen LogP contribution is 2.37. The van der Waals surface area contributed by atoms with Gasteiger partial charge >= 0.3 is 0 Å². The molecule has 0 aromatic heterocycles. The molecule has 0 bridgehead atoms. The van der Waals surface area contributed by atoms with E-state index in [9.17, 15) is 4.79 Å². The fourth-order valence-electron chi connectivity index (χ4n) is 2.42. The van der Waals surface area contributed by atoms with E-state index in [4.69, 9.17) is 28.9 Å². The molecule has 0 radical (unpaired) electrons. The molecule has 3 N–H and O–H groups in total. The van der Waals surface area contributed by atoms with Crippen LogP contribution in [0.2, 0.25) is 10.0 Å². The molecule has 1 aromatic carbocycles. The van der Waals surface area contributed by atoms with Crippen molar-refractivity contribution in [3.8, 4) is 0 Å². The molecule has 1 aliphatic heterocycles. The largest absolute Gasteiger partial charge is 0.399 e. The number of anilines is 2. The van der Waals surface area contributed by atoms with Gasteiger partial charge in [0, 0.05) is 31.7 Å². The predicted octanol–water partition coefficient (Wildman–Crippen LogP) is 2.68. The molecule has 1 fully saturated rings. The van der Waals surface area contributed by atoms with Gasteiger partial charge in [0.15, 0.2) is 0 Å². The molecular formula is C13H17Cl2N3O. The van der Waals surface area contributed by atoms with Crippen molar-refractivity contribution in [3.63, 3.8) is 0 Å². The van der Waals surface area contributed by atoms with Crippen molar-refractivity contribution in [2.45, 2.75) is 25.8 Å². The molecule has 1 saturated heterocycles. The third-order valence-corrected chi connectivity index (χ3v) is 3.83. The van der Waals surface area contributed by atoms with Crippen LogP contribution < -0.4 is 16.0 Å². The topological polar surface area (TPSA) is 58.4 Å². The Hall–Kier alpha value is -1.13. The summed E-state index contributed by atoms with van der Waals surface area (Å²) in [6.07, 6.45) is 1.77. The molecular weight excluding hydrogens is 285 g/mol. The predicted molar refractivity (Wildman–Crippen MR) is 79.9 cm³/mol. The highest BCUT2D eigenvalue weighted by Gasteiger charge is 2.23. The number of amides is 1. The van der Waals surface area contributed by atoms with Gasteiger partial charge in [-0.15, -0.1) is 0 Å². The third-order valence-electron chi connectivity index (χ3n) is 3.26. The molecule has 4 nitrogen and oxygen atoms in total. The molecule has 1 heterocycles. The quantitative estimate of drug-likeness (QED) is 0.826. The van der Waals surface area contributed by atoms with Crippen LogP contribution in [0.25, 0.3) is 0 Å². The van der Waals surface area contributed by atoms with Crippen LogP contribution in [0.1, 0.15) is 19.8 Å². The second kappa shape index (κ2) is 5.88. The number of hydrogen-bond donors (Lipinski definition) is 2. The van der Waals surface area contributed by atoms with Gasteiger partial charge in [0.05, 0.1) is 15.7 Å². The van der Waals surface area contributed by atoms with Gasteiger partial charge in [-0.05, 0) is 25.0 Å². The standard InChI is InChI=1S/C13H17Cl2N3O/c1-8(19)17-10-2-4-18(5-3-10)13-11(14)6-9(16)7-12(13)15/h6-7,10H,2-5,16H2,1H3,(H,17,19). The summed E-state index contributed by atoms with van der Waals surface area (Å²) in [5.41, 5.74) is 7.09. The monoisotopic (exact) mass is 301 g/mol. The summed E-state index contributed by atoms with van der Waals surface area (Å²) in [5.74, 6) is 0.0157. The first-order valence-electron chi connectivity index (χ1n) is 6.24. The van der Waals surface area contributed by atoms with Crippen LogP contribution >= 0.6 is 23.2 Å². The molecule has 0 atom stereocenters. The van der Waals surface area contributed by atoms with Gasteiger partial charge in [-0.1, -0.05) is 23.2 Å². The van der Waals surface area contributed by atoms with Gasteiger partial charge in [-0.3, -0.25) is 4.79 Å². The number of nitrogens with one attached hydrogen (secondary N) is 1. The van der Waals surface area contributed by atoms with Crippen molar-refractivity contribution >= 4 is 40.5 Å². The molecule has 0 unspecified atom stereocenters. The number of nitrogens with zero attached hydrogens (tertiary/aromatic N) is 1. The van der Waals surface area contributed by atoms with Gasteiger partial charge in [-0.2, -0.15) is 0 Å². The minimum Gasteiger partial charge on any atom is -0.399 e. The lowest BCUT2D eigenvalue weighted by Crippen LogP contribution is -2.44. The average molecular weight is 302 g/mol. The molecule has 2 rings (SSSR count). The SMILES string of the molecule is CC(=O)NC1CCN(c2c(Cl)cc(N)cc2Cl)CC1. The van der Waals surface area contributed by atoms with Gasteiger partial charge in [0.25, 0.3) is 0 Å². The Morgan fingerprint density at radius 3 is 2.32 bits per heavy atom. The molecule has 6 heteroatoms. The van der Waals surface area contributed by atoms with E-state index in [1.165, 1.54) is 0 Å². The van der Waals surface area contributed by atoms with Crippen LogP contribution in [0.4, 0.5) is 11.4 Å². The van der Waals surface area contributed by atoms with Crippen molar-refractivity contribution in [3.05, 3.63) is 22.2 Å². The van der Waals surface area contributed by atoms with Gasteiger partial charge in [0.2, 0.25) is 5.91 Å². The zero-order valence-electron chi connectivity index (χ0n) is 10.7. The molecule has 1 aliphatic rings. The van der Waals surface area contributed by atoms with Crippen LogP contribution in [0.3, 0.4) is 0 Å². The maximum atomic E-state index is 11.0. The van der Waals surface area contributed by atoms with E-state index >= 15 is 0 Å². The van der Waals surface area contributed by atoms with E-state index in [1.807, 2.05) is 0 Å². The Kier molecular flexibility index (Phi) is 4.42. The number of nitrogens with two attached hydrogens (primary N) is 1. The fourth-order valence-corrected chi connectivity index (χ4v) is 3.17. The Labute approximate surface area is 122 Å². The lowest BCUT2D eigenvalue weighted by atomic mass is 10.0. The van der Waals surface area contributed by atoms with Crippen LogP contribution in [0.5, 0.6) is 0 Å².